The molecule has 0 aromatic heterocycles. The monoisotopic (exact) mass is 590 g/mol. The van der Waals surface area contributed by atoms with Crippen LogP contribution in [-0.4, -0.2) is 156 Å². The molecule has 0 saturated carbocycles. The number of hydrogen-bond donors (Lipinski definition) is 3. The first-order valence-corrected chi connectivity index (χ1v) is 10.1. The van der Waals surface area contributed by atoms with Gasteiger partial charge in [-0.05, 0) is 0 Å². The molecule has 0 amide bonds. The molecule has 0 aromatic rings. The first kappa shape index (κ1) is 27.5. The van der Waals surface area contributed by atoms with Crippen LogP contribution in [-0.2, 0) is 14.4 Å². The van der Waals surface area contributed by atoms with Gasteiger partial charge in [-0.25, -0.2) is 0 Å². The summed E-state index contributed by atoms with van der Waals surface area (Å²) in [6.45, 7) is 7.62. The molecule has 2 bridgehead atoms. The van der Waals surface area contributed by atoms with Gasteiger partial charge < -0.3 is 15.3 Å². The van der Waals surface area contributed by atoms with Crippen LogP contribution >= 0.6 is 0 Å². The van der Waals surface area contributed by atoms with Crippen molar-refractivity contribution in [2.75, 3.05) is 98.2 Å². The van der Waals surface area contributed by atoms with Gasteiger partial charge in [-0.1, -0.05) is 0 Å². The van der Waals surface area contributed by atoms with Crippen molar-refractivity contribution in [2.45, 2.75) is 0 Å². The summed E-state index contributed by atoms with van der Waals surface area (Å²) in [6, 6.07) is 0. The van der Waals surface area contributed by atoms with Gasteiger partial charge in [0.15, 0.2) is 0 Å². The van der Waals surface area contributed by atoms with E-state index in [0.29, 0.717) is 78.5 Å². The summed E-state index contributed by atoms with van der Waals surface area (Å²) in [5.41, 5.74) is 0. The largest absolute Gasteiger partial charge is 0.480 e. The molecule has 3 heterocycles. The number of aliphatic carboxylic acids is 3. The zero-order valence-electron chi connectivity index (χ0n) is 17.2. The molecule has 3 aliphatic rings. The van der Waals surface area contributed by atoms with E-state index in [0.717, 1.165) is 0 Å². The number of rotatable bonds is 6. The van der Waals surface area contributed by atoms with Crippen molar-refractivity contribution in [3.63, 3.8) is 0 Å². The Balaban J connectivity index is 0.00000450. The van der Waals surface area contributed by atoms with E-state index in [-0.39, 0.29) is 56.5 Å². The third-order valence-electron chi connectivity index (χ3n) is 5.47. The molecule has 12 heteroatoms. The van der Waals surface area contributed by atoms with E-state index in [2.05, 4.69) is 9.80 Å². The Morgan fingerprint density at radius 3 is 0.833 bits per heavy atom. The van der Waals surface area contributed by atoms with E-state index < -0.39 is 17.9 Å². The molecule has 0 atom stereocenters. The minimum Gasteiger partial charge on any atom is -0.480 e. The standard InChI is InChI=1S/C18H33N5O6.Lu/c24-16(25)13-21-7-1-19-2-8-22(14-17(26)27)11-5-20(4-10-21)6-12-23(9-3-19)15-18(28)29;/h1-15H2,(H,24,25)(H,26,27)(H,28,29);. The van der Waals surface area contributed by atoms with Crippen molar-refractivity contribution in [1.29, 1.82) is 0 Å². The fourth-order valence-corrected chi connectivity index (χ4v) is 3.75. The Bertz CT molecular complexity index is 469. The Hall–Kier alpha value is -0.556. The van der Waals surface area contributed by atoms with Gasteiger partial charge in [-0.2, -0.15) is 0 Å². The molecule has 0 unspecified atom stereocenters. The molecule has 1 radical (unpaired) electrons. The van der Waals surface area contributed by atoms with Crippen LogP contribution in [0.3, 0.4) is 0 Å². The van der Waals surface area contributed by atoms with Crippen LogP contribution < -0.4 is 0 Å². The molecule has 3 N–H and O–H groups in total. The van der Waals surface area contributed by atoms with Crippen molar-refractivity contribution in [3.05, 3.63) is 0 Å². The third-order valence-corrected chi connectivity index (χ3v) is 5.47. The maximum atomic E-state index is 11.2. The number of carbonyl (C=O) groups is 3. The van der Waals surface area contributed by atoms with Gasteiger partial charge in [0.2, 0.25) is 0 Å². The molecule has 3 fully saturated rings. The van der Waals surface area contributed by atoms with Gasteiger partial charge >= 0.3 is 17.9 Å². The molecule has 30 heavy (non-hydrogen) atoms. The van der Waals surface area contributed by atoms with Crippen LogP contribution in [0.4, 0.5) is 0 Å². The molecule has 11 nitrogen and oxygen atoms in total. The van der Waals surface area contributed by atoms with Crippen molar-refractivity contribution in [2.24, 2.45) is 0 Å². The predicted octanol–water partition coefficient (Wildman–Crippen LogP) is -2.22. The van der Waals surface area contributed by atoms with E-state index in [1.807, 2.05) is 14.7 Å². The normalized spacial score (nSPS) is 25.6. The van der Waals surface area contributed by atoms with E-state index in [9.17, 15) is 29.7 Å². The van der Waals surface area contributed by atoms with Crippen LogP contribution in [0.15, 0.2) is 0 Å². The van der Waals surface area contributed by atoms with Crippen LogP contribution in [0, 0.1) is 36.9 Å². The minimum atomic E-state index is -0.845. The second-order valence-corrected chi connectivity index (χ2v) is 7.69. The Labute approximate surface area is 206 Å². The minimum absolute atomic E-state index is 0. The molecule has 3 aliphatic heterocycles. The van der Waals surface area contributed by atoms with Crippen LogP contribution in [0.1, 0.15) is 0 Å². The van der Waals surface area contributed by atoms with E-state index in [1.54, 1.807) is 0 Å². The summed E-state index contributed by atoms with van der Waals surface area (Å²) in [4.78, 5) is 43.8. The van der Waals surface area contributed by atoms with Crippen molar-refractivity contribution in [1.82, 2.24) is 24.5 Å². The fraction of sp³-hybridized carbons (Fsp3) is 0.833. The Kier molecular flexibility index (Phi) is 13.3. The molecule has 3 saturated heterocycles. The van der Waals surface area contributed by atoms with Crippen LogP contribution in [0.5, 0.6) is 0 Å². The molecule has 0 aliphatic carbocycles. The third kappa shape index (κ3) is 11.2. The van der Waals surface area contributed by atoms with Gasteiger partial charge in [0.05, 0.1) is 19.6 Å². The zero-order chi connectivity index (χ0) is 21.2. The number of fused-ring (bicyclic) bond motifs is 12. The summed E-state index contributed by atoms with van der Waals surface area (Å²) in [7, 11) is 0. The molecule has 181 valence electrons. The maximum Gasteiger partial charge on any atom is 0.317 e. The summed E-state index contributed by atoms with van der Waals surface area (Å²) >= 11 is 0. The molecule has 0 spiro atoms. The van der Waals surface area contributed by atoms with Gasteiger partial charge in [0, 0.05) is 115 Å². The van der Waals surface area contributed by atoms with Crippen LogP contribution in [0.25, 0.3) is 0 Å². The molecular weight excluding hydrogens is 557 g/mol. The Morgan fingerprint density at radius 2 is 0.667 bits per heavy atom. The number of hydrogen-bond acceptors (Lipinski definition) is 8. The molecule has 3 rings (SSSR count). The molecular formula is C18H33LuN5O6. The van der Waals surface area contributed by atoms with Crippen molar-refractivity contribution < 1.29 is 66.6 Å². The first-order chi connectivity index (χ1) is 13.8. The quantitative estimate of drug-likeness (QED) is 0.311. The fourth-order valence-electron chi connectivity index (χ4n) is 3.75. The second-order valence-electron chi connectivity index (χ2n) is 7.69. The van der Waals surface area contributed by atoms with E-state index in [4.69, 9.17) is 0 Å². The number of nitrogens with zero attached hydrogens (tertiary/aromatic N) is 5. The maximum absolute atomic E-state index is 11.2. The van der Waals surface area contributed by atoms with E-state index >= 15 is 0 Å². The van der Waals surface area contributed by atoms with Crippen molar-refractivity contribution in [3.8, 4) is 0 Å². The molecule has 0 aromatic carbocycles. The summed E-state index contributed by atoms with van der Waals surface area (Å²) < 4.78 is 0. The smallest absolute Gasteiger partial charge is 0.317 e. The second kappa shape index (κ2) is 14.5. The van der Waals surface area contributed by atoms with E-state index in [1.165, 1.54) is 0 Å². The SMILES string of the molecule is O=C(O)CN1CCN2CCN(CC(=O)O)CCN(CC1)CCN(CC(=O)O)CC2.[Lu]. The van der Waals surface area contributed by atoms with Gasteiger partial charge in [-0.3, -0.25) is 38.9 Å². The summed E-state index contributed by atoms with van der Waals surface area (Å²) in [5.74, 6) is -2.53. The van der Waals surface area contributed by atoms with Gasteiger partial charge in [0.1, 0.15) is 0 Å². The van der Waals surface area contributed by atoms with Crippen LogP contribution in [0.2, 0.25) is 0 Å². The van der Waals surface area contributed by atoms with Gasteiger partial charge in [-0.15, -0.1) is 0 Å². The van der Waals surface area contributed by atoms with Gasteiger partial charge in [0.25, 0.3) is 0 Å². The number of carboxylic acids is 3. The number of carboxylic acid groups (broad SMARTS) is 3. The predicted molar refractivity (Wildman–Crippen MR) is 105 cm³/mol. The average Bonchev–Trinajstić information content (AvgIpc) is 2.61. The average molecular weight is 590 g/mol. The summed E-state index contributed by atoms with van der Waals surface area (Å²) in [6.07, 6.45) is 0. The zero-order valence-corrected chi connectivity index (χ0v) is 18.8. The Morgan fingerprint density at radius 1 is 0.467 bits per heavy atom. The van der Waals surface area contributed by atoms with Crippen molar-refractivity contribution >= 4 is 17.9 Å². The topological polar surface area (TPSA) is 128 Å². The first-order valence-electron chi connectivity index (χ1n) is 10.1. The summed E-state index contributed by atoms with van der Waals surface area (Å²) in [5, 5.41) is 27.6.